The average Bonchev–Trinajstić information content (AvgIpc) is 2.98. The summed E-state index contributed by atoms with van der Waals surface area (Å²) in [6.45, 7) is 0. The molecule has 1 aromatic rings. The van der Waals surface area contributed by atoms with Crippen LogP contribution in [0.2, 0.25) is 5.02 Å². The molecule has 19 heavy (non-hydrogen) atoms. The van der Waals surface area contributed by atoms with Gasteiger partial charge in [0.1, 0.15) is 0 Å². The fourth-order valence-electron chi connectivity index (χ4n) is 2.92. The van der Waals surface area contributed by atoms with Crippen LogP contribution in [0.1, 0.15) is 29.6 Å². The Morgan fingerprint density at radius 1 is 1.21 bits per heavy atom. The van der Waals surface area contributed by atoms with Crippen molar-refractivity contribution in [2.45, 2.75) is 19.3 Å². The molecule has 5 heteroatoms. The molecule has 0 radical (unpaired) electrons. The fourth-order valence-corrected chi connectivity index (χ4v) is 3.08. The van der Waals surface area contributed by atoms with Gasteiger partial charge in [0.05, 0.1) is 16.3 Å². The van der Waals surface area contributed by atoms with E-state index >= 15 is 0 Å². The molecule has 2 aliphatic rings. The van der Waals surface area contributed by atoms with Crippen molar-refractivity contribution in [1.29, 1.82) is 0 Å². The zero-order chi connectivity index (χ0) is 13.6. The maximum absolute atomic E-state index is 12.1. The molecule has 0 heterocycles. The molecule has 0 bridgehead atoms. The molecule has 2 atom stereocenters. The number of nitrogens with one attached hydrogen (secondary N) is 1. The number of carbonyl (C=O) groups excluding carboxylic acids is 1. The lowest BCUT2D eigenvalue weighted by Gasteiger charge is -2.13. The smallest absolute Gasteiger partial charge is 0.335 e. The summed E-state index contributed by atoms with van der Waals surface area (Å²) in [5.41, 5.74) is 0.501. The van der Waals surface area contributed by atoms with Gasteiger partial charge in [-0.05, 0) is 49.3 Å². The number of halogens is 1. The van der Waals surface area contributed by atoms with Crippen LogP contribution in [0.15, 0.2) is 18.2 Å². The Kier molecular flexibility index (Phi) is 2.97. The molecule has 1 amide bonds. The van der Waals surface area contributed by atoms with Crippen LogP contribution in [0, 0.1) is 17.8 Å². The molecular formula is C14H14ClNO3. The van der Waals surface area contributed by atoms with Crippen molar-refractivity contribution in [2.75, 3.05) is 5.32 Å². The van der Waals surface area contributed by atoms with Gasteiger partial charge in [-0.1, -0.05) is 11.6 Å². The van der Waals surface area contributed by atoms with Gasteiger partial charge in [0.25, 0.3) is 0 Å². The van der Waals surface area contributed by atoms with Gasteiger partial charge in [0.15, 0.2) is 0 Å². The third-order valence-corrected chi connectivity index (χ3v) is 4.42. The molecule has 0 aromatic heterocycles. The molecule has 0 spiro atoms. The minimum atomic E-state index is -1.03. The lowest BCUT2D eigenvalue weighted by atomic mass is 10.0. The lowest BCUT2D eigenvalue weighted by Crippen LogP contribution is -2.22. The summed E-state index contributed by atoms with van der Waals surface area (Å²) < 4.78 is 0. The number of carboxylic acid groups (broad SMARTS) is 1. The second-order valence-electron chi connectivity index (χ2n) is 5.41. The summed E-state index contributed by atoms with van der Waals surface area (Å²) in [5, 5.41) is 12.0. The number of hydrogen-bond donors (Lipinski definition) is 2. The number of amides is 1. The minimum absolute atomic E-state index is 0.0448. The second kappa shape index (κ2) is 4.53. The quantitative estimate of drug-likeness (QED) is 0.894. The number of rotatable bonds is 3. The van der Waals surface area contributed by atoms with Crippen molar-refractivity contribution in [2.24, 2.45) is 17.8 Å². The summed E-state index contributed by atoms with van der Waals surface area (Å²) in [7, 11) is 0. The number of hydrogen-bond acceptors (Lipinski definition) is 2. The highest BCUT2D eigenvalue weighted by Crippen LogP contribution is 2.54. The SMILES string of the molecule is O=C(O)c1ccc(Cl)c(NC(=O)C2CC3CC3C2)c1. The Labute approximate surface area is 115 Å². The fraction of sp³-hybridized carbons (Fsp3) is 0.429. The van der Waals surface area contributed by atoms with Gasteiger partial charge in [0, 0.05) is 5.92 Å². The molecular weight excluding hydrogens is 266 g/mol. The Bertz CT molecular complexity index is 548. The van der Waals surface area contributed by atoms with E-state index in [2.05, 4.69) is 5.32 Å². The van der Waals surface area contributed by atoms with E-state index < -0.39 is 5.97 Å². The van der Waals surface area contributed by atoms with Crippen LogP contribution in [0.4, 0.5) is 5.69 Å². The third-order valence-electron chi connectivity index (χ3n) is 4.09. The van der Waals surface area contributed by atoms with Gasteiger partial charge in [-0.25, -0.2) is 4.79 Å². The van der Waals surface area contributed by atoms with E-state index in [9.17, 15) is 9.59 Å². The van der Waals surface area contributed by atoms with E-state index in [0.717, 1.165) is 24.7 Å². The van der Waals surface area contributed by atoms with Crippen LogP contribution < -0.4 is 5.32 Å². The summed E-state index contributed by atoms with van der Waals surface area (Å²) in [6.07, 6.45) is 3.17. The van der Waals surface area contributed by atoms with Gasteiger partial charge in [0.2, 0.25) is 5.91 Å². The summed E-state index contributed by atoms with van der Waals surface area (Å²) in [6, 6.07) is 4.32. The van der Waals surface area contributed by atoms with E-state index in [0.29, 0.717) is 10.7 Å². The van der Waals surface area contributed by atoms with Crippen molar-refractivity contribution >= 4 is 29.2 Å². The first-order valence-corrected chi connectivity index (χ1v) is 6.76. The molecule has 2 saturated carbocycles. The zero-order valence-corrected chi connectivity index (χ0v) is 11.0. The van der Waals surface area contributed by atoms with E-state index in [1.54, 1.807) is 0 Å². The predicted octanol–water partition coefficient (Wildman–Crippen LogP) is 3.02. The number of carbonyl (C=O) groups is 2. The van der Waals surface area contributed by atoms with Gasteiger partial charge >= 0.3 is 5.97 Å². The van der Waals surface area contributed by atoms with E-state index in [4.69, 9.17) is 16.7 Å². The molecule has 0 aliphatic heterocycles. The van der Waals surface area contributed by atoms with Crippen molar-refractivity contribution in [1.82, 2.24) is 0 Å². The standard InChI is InChI=1S/C14H14ClNO3/c15-11-2-1-7(14(18)19)6-12(11)16-13(17)10-4-8-3-9(8)5-10/h1-2,6,8-10H,3-5H2,(H,16,17)(H,18,19). The Balaban J connectivity index is 1.73. The van der Waals surface area contributed by atoms with Gasteiger partial charge in [-0.3, -0.25) is 4.79 Å². The second-order valence-corrected chi connectivity index (χ2v) is 5.82. The minimum Gasteiger partial charge on any atom is -0.478 e. The number of carboxylic acids is 1. The number of fused-ring (bicyclic) bond motifs is 1. The molecule has 2 fully saturated rings. The summed E-state index contributed by atoms with van der Waals surface area (Å²) >= 11 is 5.98. The Morgan fingerprint density at radius 3 is 2.53 bits per heavy atom. The molecule has 4 nitrogen and oxygen atoms in total. The normalized spacial score (nSPS) is 27.7. The zero-order valence-electron chi connectivity index (χ0n) is 10.2. The monoisotopic (exact) mass is 279 g/mol. The van der Waals surface area contributed by atoms with E-state index in [-0.39, 0.29) is 17.4 Å². The molecule has 1 aromatic carbocycles. The summed E-state index contributed by atoms with van der Waals surface area (Å²) in [4.78, 5) is 23.0. The topological polar surface area (TPSA) is 66.4 Å². The van der Waals surface area contributed by atoms with Crippen molar-refractivity contribution in [3.05, 3.63) is 28.8 Å². The van der Waals surface area contributed by atoms with Crippen LogP contribution in [0.3, 0.4) is 0 Å². The number of aromatic carboxylic acids is 1. The van der Waals surface area contributed by atoms with Crippen LogP contribution in [0.5, 0.6) is 0 Å². The summed E-state index contributed by atoms with van der Waals surface area (Å²) in [5.74, 6) is 0.437. The largest absolute Gasteiger partial charge is 0.478 e. The van der Waals surface area contributed by atoms with Crippen molar-refractivity contribution in [3.63, 3.8) is 0 Å². The van der Waals surface area contributed by atoms with Crippen LogP contribution in [-0.2, 0) is 4.79 Å². The highest BCUT2D eigenvalue weighted by atomic mass is 35.5. The van der Waals surface area contributed by atoms with Crippen molar-refractivity contribution in [3.8, 4) is 0 Å². The Hall–Kier alpha value is -1.55. The first kappa shape index (κ1) is 12.5. The van der Waals surface area contributed by atoms with Crippen molar-refractivity contribution < 1.29 is 14.7 Å². The van der Waals surface area contributed by atoms with Gasteiger partial charge < -0.3 is 10.4 Å². The maximum atomic E-state index is 12.1. The first-order chi connectivity index (χ1) is 9.04. The lowest BCUT2D eigenvalue weighted by molar-refractivity contribution is -0.120. The van der Waals surface area contributed by atoms with E-state index in [1.165, 1.54) is 24.6 Å². The van der Waals surface area contributed by atoms with Gasteiger partial charge in [-0.2, -0.15) is 0 Å². The van der Waals surface area contributed by atoms with Crippen LogP contribution in [0.25, 0.3) is 0 Å². The highest BCUT2D eigenvalue weighted by Gasteiger charge is 2.48. The number of anilines is 1. The molecule has 2 N–H and O–H groups in total. The highest BCUT2D eigenvalue weighted by molar-refractivity contribution is 6.33. The molecule has 3 rings (SSSR count). The van der Waals surface area contributed by atoms with Crippen LogP contribution >= 0.6 is 11.6 Å². The molecule has 100 valence electrons. The molecule has 2 aliphatic carbocycles. The first-order valence-electron chi connectivity index (χ1n) is 6.38. The Morgan fingerprint density at radius 2 is 1.89 bits per heavy atom. The third kappa shape index (κ3) is 2.45. The van der Waals surface area contributed by atoms with Gasteiger partial charge in [-0.15, -0.1) is 0 Å². The molecule has 2 unspecified atom stereocenters. The average molecular weight is 280 g/mol. The predicted molar refractivity (Wildman–Crippen MR) is 71.4 cm³/mol. The van der Waals surface area contributed by atoms with E-state index in [1.807, 2.05) is 0 Å². The number of benzene rings is 1. The van der Waals surface area contributed by atoms with Crippen LogP contribution in [-0.4, -0.2) is 17.0 Å². The maximum Gasteiger partial charge on any atom is 0.335 e. The molecule has 0 saturated heterocycles.